The van der Waals surface area contributed by atoms with Gasteiger partial charge in [0, 0.05) is 17.8 Å². The van der Waals surface area contributed by atoms with Crippen LogP contribution in [0.1, 0.15) is 5.56 Å². The van der Waals surface area contributed by atoms with Crippen LogP contribution in [0.3, 0.4) is 0 Å². The molecule has 0 bridgehead atoms. The Morgan fingerprint density at radius 3 is 3.07 bits per heavy atom. The molecular formula is C9H8ClN3O2. The van der Waals surface area contributed by atoms with E-state index in [4.69, 9.17) is 11.6 Å². The van der Waals surface area contributed by atoms with E-state index in [-0.39, 0.29) is 10.8 Å². The zero-order valence-corrected chi connectivity index (χ0v) is 8.71. The molecule has 0 aliphatic heterocycles. The van der Waals surface area contributed by atoms with Gasteiger partial charge in [0.05, 0.1) is 11.5 Å². The minimum atomic E-state index is -0.585. The Morgan fingerprint density at radius 2 is 2.47 bits per heavy atom. The summed E-state index contributed by atoms with van der Waals surface area (Å²) >= 11 is 5.54. The van der Waals surface area contributed by atoms with Gasteiger partial charge in [0.2, 0.25) is 5.15 Å². The van der Waals surface area contributed by atoms with Crippen LogP contribution in [0.2, 0.25) is 5.15 Å². The van der Waals surface area contributed by atoms with Crippen molar-refractivity contribution in [2.24, 2.45) is 0 Å². The number of nitrogens with one attached hydrogen (secondary N) is 1. The summed E-state index contributed by atoms with van der Waals surface area (Å²) in [6, 6.07) is 1.30. The molecule has 1 aromatic rings. The maximum absolute atomic E-state index is 10.5. The number of hydrogen-bond acceptors (Lipinski definition) is 4. The molecule has 1 heterocycles. The molecule has 78 valence electrons. The second kappa shape index (κ2) is 5.29. The first-order chi connectivity index (χ1) is 7.15. The minimum Gasteiger partial charge on any atom is -0.309 e. The Morgan fingerprint density at radius 1 is 1.73 bits per heavy atom. The van der Waals surface area contributed by atoms with Crippen molar-refractivity contribution in [1.29, 1.82) is 0 Å². The number of hydrogen-bond donors (Lipinski definition) is 1. The summed E-state index contributed by atoms with van der Waals surface area (Å²) in [5, 5.41) is 13.2. The van der Waals surface area contributed by atoms with Crippen molar-refractivity contribution in [3.8, 4) is 11.8 Å². The van der Waals surface area contributed by atoms with Crippen LogP contribution < -0.4 is 5.32 Å². The van der Waals surface area contributed by atoms with Gasteiger partial charge < -0.3 is 5.32 Å². The fraction of sp³-hybridized carbons (Fsp3) is 0.222. The number of nitrogens with zero attached hydrogens (tertiary/aromatic N) is 2. The Labute approximate surface area is 91.6 Å². The summed E-state index contributed by atoms with van der Waals surface area (Å²) in [6.07, 6.45) is 1.40. The van der Waals surface area contributed by atoms with Gasteiger partial charge in [-0.15, -0.1) is 0 Å². The second-order valence-electron chi connectivity index (χ2n) is 2.62. The Hall–Kier alpha value is -1.64. The van der Waals surface area contributed by atoms with E-state index in [0.29, 0.717) is 12.1 Å². The molecule has 6 heteroatoms. The van der Waals surface area contributed by atoms with E-state index >= 15 is 0 Å². The summed E-state index contributed by atoms with van der Waals surface area (Å²) in [7, 11) is 1.76. The lowest BCUT2D eigenvalue weighted by Crippen LogP contribution is -2.04. The van der Waals surface area contributed by atoms with Crippen molar-refractivity contribution in [2.45, 2.75) is 0 Å². The molecule has 1 aromatic heterocycles. The molecule has 1 rings (SSSR count). The largest absolute Gasteiger partial charge is 0.309 e. The SMILES string of the molecule is CNCC#Cc1cnc(Cl)c([N+](=O)[O-])c1. The van der Waals surface area contributed by atoms with Crippen molar-refractivity contribution < 1.29 is 4.92 Å². The van der Waals surface area contributed by atoms with Gasteiger partial charge in [0.25, 0.3) is 0 Å². The van der Waals surface area contributed by atoms with Gasteiger partial charge in [0.15, 0.2) is 0 Å². The predicted octanol–water partition coefficient (Wildman–Crippen LogP) is 1.21. The van der Waals surface area contributed by atoms with E-state index in [1.807, 2.05) is 0 Å². The summed E-state index contributed by atoms with van der Waals surface area (Å²) in [5.41, 5.74) is 0.245. The highest BCUT2D eigenvalue weighted by Gasteiger charge is 2.13. The van der Waals surface area contributed by atoms with Crippen LogP contribution in [-0.2, 0) is 0 Å². The summed E-state index contributed by atoms with van der Waals surface area (Å²) in [4.78, 5) is 13.6. The fourth-order valence-corrected chi connectivity index (χ4v) is 1.04. The molecule has 0 saturated carbocycles. The van der Waals surface area contributed by atoms with Gasteiger partial charge in [-0.25, -0.2) is 4.98 Å². The van der Waals surface area contributed by atoms with Crippen LogP contribution in [0.4, 0.5) is 5.69 Å². The number of rotatable bonds is 2. The van der Waals surface area contributed by atoms with Crippen molar-refractivity contribution in [2.75, 3.05) is 13.6 Å². The normalized spacial score (nSPS) is 9.20. The number of pyridine rings is 1. The molecule has 0 spiro atoms. The molecule has 0 aliphatic rings. The second-order valence-corrected chi connectivity index (χ2v) is 2.98. The molecule has 5 nitrogen and oxygen atoms in total. The molecule has 0 unspecified atom stereocenters. The predicted molar refractivity (Wildman–Crippen MR) is 56.7 cm³/mol. The standard InChI is InChI=1S/C9H8ClN3O2/c1-11-4-2-3-7-5-8(13(14)15)9(10)12-6-7/h5-6,11H,4H2,1H3. The van der Waals surface area contributed by atoms with Gasteiger partial charge in [0.1, 0.15) is 0 Å². The fourth-order valence-electron chi connectivity index (χ4n) is 0.868. The lowest BCUT2D eigenvalue weighted by atomic mass is 10.2. The number of nitro groups is 1. The summed E-state index contributed by atoms with van der Waals surface area (Å²) in [6.45, 7) is 0.510. The van der Waals surface area contributed by atoms with Gasteiger partial charge in [-0.2, -0.15) is 0 Å². The van der Waals surface area contributed by atoms with E-state index in [2.05, 4.69) is 22.1 Å². The lowest BCUT2D eigenvalue weighted by molar-refractivity contribution is -0.385. The molecule has 0 amide bonds. The molecule has 0 fully saturated rings. The summed E-state index contributed by atoms with van der Waals surface area (Å²) in [5.74, 6) is 5.50. The van der Waals surface area contributed by atoms with Crippen LogP contribution in [0.5, 0.6) is 0 Å². The van der Waals surface area contributed by atoms with E-state index in [1.165, 1.54) is 12.3 Å². The molecule has 0 aromatic carbocycles. The highest BCUT2D eigenvalue weighted by atomic mass is 35.5. The third-order valence-electron chi connectivity index (χ3n) is 1.52. The van der Waals surface area contributed by atoms with Gasteiger partial charge in [-0.3, -0.25) is 10.1 Å². The zero-order chi connectivity index (χ0) is 11.3. The smallest absolute Gasteiger partial charge is 0.307 e. The van der Waals surface area contributed by atoms with E-state index < -0.39 is 4.92 Å². The average molecular weight is 226 g/mol. The molecule has 0 saturated heterocycles. The first-order valence-corrected chi connectivity index (χ1v) is 4.46. The average Bonchev–Trinajstić information content (AvgIpc) is 2.20. The highest BCUT2D eigenvalue weighted by molar-refractivity contribution is 6.31. The Bertz CT molecular complexity index is 437. The van der Waals surface area contributed by atoms with Crippen molar-refractivity contribution >= 4 is 17.3 Å². The van der Waals surface area contributed by atoms with Gasteiger partial charge >= 0.3 is 5.69 Å². The molecule has 0 radical (unpaired) electrons. The van der Waals surface area contributed by atoms with Crippen LogP contribution in [-0.4, -0.2) is 23.5 Å². The molecule has 15 heavy (non-hydrogen) atoms. The first-order valence-electron chi connectivity index (χ1n) is 4.08. The third-order valence-corrected chi connectivity index (χ3v) is 1.81. The third kappa shape index (κ3) is 3.20. The first kappa shape index (κ1) is 11.4. The van der Waals surface area contributed by atoms with E-state index in [0.717, 1.165) is 0 Å². The van der Waals surface area contributed by atoms with Crippen LogP contribution in [0.25, 0.3) is 0 Å². The molecule has 1 N–H and O–H groups in total. The monoisotopic (exact) mass is 225 g/mol. The highest BCUT2D eigenvalue weighted by Crippen LogP contribution is 2.21. The van der Waals surface area contributed by atoms with Crippen molar-refractivity contribution in [3.05, 3.63) is 33.1 Å². The quantitative estimate of drug-likeness (QED) is 0.356. The van der Waals surface area contributed by atoms with Gasteiger partial charge in [-0.1, -0.05) is 23.4 Å². The van der Waals surface area contributed by atoms with E-state index in [1.54, 1.807) is 7.05 Å². The van der Waals surface area contributed by atoms with Crippen molar-refractivity contribution in [3.63, 3.8) is 0 Å². The Kier molecular flexibility index (Phi) is 4.03. The number of halogens is 1. The van der Waals surface area contributed by atoms with Crippen LogP contribution in [0.15, 0.2) is 12.3 Å². The van der Waals surface area contributed by atoms with Crippen LogP contribution >= 0.6 is 11.6 Å². The maximum atomic E-state index is 10.5. The number of aromatic nitrogens is 1. The van der Waals surface area contributed by atoms with Crippen molar-refractivity contribution in [1.82, 2.24) is 10.3 Å². The molecule has 0 atom stereocenters. The lowest BCUT2D eigenvalue weighted by Gasteiger charge is -1.94. The Balaban J connectivity index is 2.99. The van der Waals surface area contributed by atoms with Crippen LogP contribution in [0, 0.1) is 22.0 Å². The molecule has 0 aliphatic carbocycles. The summed E-state index contributed by atoms with van der Waals surface area (Å²) < 4.78 is 0. The minimum absolute atomic E-state index is 0.126. The zero-order valence-electron chi connectivity index (χ0n) is 7.95. The van der Waals surface area contributed by atoms with Gasteiger partial charge in [-0.05, 0) is 7.05 Å². The molecular weight excluding hydrogens is 218 g/mol. The topological polar surface area (TPSA) is 68.1 Å². The van der Waals surface area contributed by atoms with E-state index in [9.17, 15) is 10.1 Å². The maximum Gasteiger partial charge on any atom is 0.307 e.